The average molecular weight is 551 g/mol. The molecule has 0 saturated carbocycles. The molecule has 4 rings (SSSR count). The maximum atomic E-state index is 12.9. The van der Waals surface area contributed by atoms with Crippen LogP contribution >= 0.6 is 11.6 Å². The summed E-state index contributed by atoms with van der Waals surface area (Å²) in [4.78, 5) is 0.242. The van der Waals surface area contributed by atoms with Gasteiger partial charge in [0.05, 0.1) is 26.7 Å². The monoisotopic (exact) mass is 550 g/mol. The second-order valence-electron chi connectivity index (χ2n) is 8.32. The van der Waals surface area contributed by atoms with Gasteiger partial charge < -0.3 is 0 Å². The number of benzene rings is 4. The van der Waals surface area contributed by atoms with Crippen molar-refractivity contribution in [1.82, 2.24) is 0 Å². The third kappa shape index (κ3) is 6.52. The Morgan fingerprint density at radius 1 is 0.595 bits per heavy atom. The Hall–Kier alpha value is -3.77. The number of anilines is 2. The van der Waals surface area contributed by atoms with Crippen LogP contribution in [0.2, 0.25) is 5.02 Å². The molecular formula is C28H23ClN2O4S2. The lowest BCUT2D eigenvalue weighted by atomic mass is 10.1. The summed E-state index contributed by atoms with van der Waals surface area (Å²) < 4.78 is 56.8. The van der Waals surface area contributed by atoms with Crippen LogP contribution in [-0.4, -0.2) is 16.8 Å². The minimum atomic E-state index is -3.87. The summed E-state index contributed by atoms with van der Waals surface area (Å²) in [5.74, 6) is 5.87. The Bertz CT molecular complexity index is 1720. The summed E-state index contributed by atoms with van der Waals surface area (Å²) in [5.41, 5.74) is 3.16. The summed E-state index contributed by atoms with van der Waals surface area (Å²) in [6.45, 7) is 3.75. The summed E-state index contributed by atoms with van der Waals surface area (Å²) in [6, 6.07) is 24.3. The molecule has 6 nitrogen and oxygen atoms in total. The van der Waals surface area contributed by atoms with Gasteiger partial charge in [0.25, 0.3) is 20.0 Å². The maximum Gasteiger partial charge on any atom is 0.261 e. The van der Waals surface area contributed by atoms with E-state index in [0.29, 0.717) is 21.8 Å². The van der Waals surface area contributed by atoms with Crippen molar-refractivity contribution in [3.05, 3.63) is 118 Å². The van der Waals surface area contributed by atoms with Crippen molar-refractivity contribution in [1.29, 1.82) is 0 Å². The van der Waals surface area contributed by atoms with Gasteiger partial charge in [-0.1, -0.05) is 71.0 Å². The van der Waals surface area contributed by atoms with Crippen LogP contribution in [-0.2, 0) is 20.0 Å². The van der Waals surface area contributed by atoms with Crippen molar-refractivity contribution in [2.75, 3.05) is 9.44 Å². The second-order valence-corrected chi connectivity index (χ2v) is 12.1. The SMILES string of the molecule is Cc1ccc(S(=O)(=O)Nc2ccccc2C#Cc2cc(Cl)ccc2NS(=O)(=O)c2ccc(C)cc2)cc1. The van der Waals surface area contributed by atoms with E-state index in [0.717, 1.165) is 11.1 Å². The quantitative estimate of drug-likeness (QED) is 0.290. The van der Waals surface area contributed by atoms with Crippen molar-refractivity contribution >= 4 is 43.0 Å². The number of halogens is 1. The molecule has 2 N–H and O–H groups in total. The van der Waals surface area contributed by atoms with Gasteiger partial charge >= 0.3 is 0 Å². The van der Waals surface area contributed by atoms with Crippen LogP contribution in [0.3, 0.4) is 0 Å². The van der Waals surface area contributed by atoms with E-state index in [1.54, 1.807) is 60.7 Å². The molecule has 4 aromatic rings. The molecule has 0 aromatic heterocycles. The molecule has 0 bridgehead atoms. The molecule has 0 aliphatic heterocycles. The largest absolute Gasteiger partial charge is 0.278 e. The van der Waals surface area contributed by atoms with E-state index in [-0.39, 0.29) is 15.5 Å². The molecule has 0 unspecified atom stereocenters. The zero-order valence-corrected chi connectivity index (χ0v) is 22.4. The van der Waals surface area contributed by atoms with Gasteiger partial charge in [0.15, 0.2) is 0 Å². The van der Waals surface area contributed by atoms with Crippen LogP contribution in [0.1, 0.15) is 22.3 Å². The lowest BCUT2D eigenvalue weighted by Crippen LogP contribution is -2.14. The highest BCUT2D eigenvalue weighted by Gasteiger charge is 2.17. The van der Waals surface area contributed by atoms with E-state index in [9.17, 15) is 16.8 Å². The predicted molar refractivity (Wildman–Crippen MR) is 148 cm³/mol. The maximum absolute atomic E-state index is 12.9. The zero-order chi connectivity index (χ0) is 26.6. The third-order valence-corrected chi connectivity index (χ3v) is 8.39. The van der Waals surface area contributed by atoms with E-state index in [1.807, 2.05) is 13.8 Å². The lowest BCUT2D eigenvalue weighted by molar-refractivity contribution is 0.599. The topological polar surface area (TPSA) is 92.3 Å². The highest BCUT2D eigenvalue weighted by molar-refractivity contribution is 7.93. The van der Waals surface area contributed by atoms with Crippen molar-refractivity contribution in [3.8, 4) is 11.8 Å². The highest BCUT2D eigenvalue weighted by Crippen LogP contribution is 2.25. The summed E-state index contributed by atoms with van der Waals surface area (Å²) >= 11 is 6.16. The van der Waals surface area contributed by atoms with Crippen LogP contribution in [0.15, 0.2) is 101 Å². The van der Waals surface area contributed by atoms with Gasteiger partial charge in [-0.2, -0.15) is 0 Å². The first kappa shape index (κ1) is 26.3. The fourth-order valence-electron chi connectivity index (χ4n) is 3.37. The van der Waals surface area contributed by atoms with E-state index >= 15 is 0 Å². The van der Waals surface area contributed by atoms with Gasteiger partial charge in [0.1, 0.15) is 0 Å². The van der Waals surface area contributed by atoms with Gasteiger partial charge in [-0.3, -0.25) is 9.44 Å². The fraction of sp³-hybridized carbons (Fsp3) is 0.0714. The van der Waals surface area contributed by atoms with Crippen LogP contribution < -0.4 is 9.44 Å². The molecule has 9 heteroatoms. The Kier molecular flexibility index (Phi) is 7.60. The van der Waals surface area contributed by atoms with Crippen molar-refractivity contribution in [3.63, 3.8) is 0 Å². The molecule has 0 spiro atoms. The average Bonchev–Trinajstić information content (AvgIpc) is 2.85. The fourth-order valence-corrected chi connectivity index (χ4v) is 5.70. The van der Waals surface area contributed by atoms with Crippen molar-refractivity contribution < 1.29 is 16.8 Å². The third-order valence-electron chi connectivity index (χ3n) is 5.39. The normalized spacial score (nSPS) is 11.3. The molecule has 0 saturated heterocycles. The smallest absolute Gasteiger partial charge is 0.261 e. The first-order chi connectivity index (χ1) is 17.5. The van der Waals surface area contributed by atoms with Gasteiger partial charge in [-0.05, 0) is 68.4 Å². The number of nitrogens with one attached hydrogen (secondary N) is 2. The molecule has 0 radical (unpaired) electrons. The van der Waals surface area contributed by atoms with Crippen molar-refractivity contribution in [2.45, 2.75) is 23.6 Å². The molecule has 37 heavy (non-hydrogen) atoms. The van der Waals surface area contributed by atoms with Gasteiger partial charge in [-0.25, -0.2) is 16.8 Å². The Morgan fingerprint density at radius 2 is 1.05 bits per heavy atom. The summed E-state index contributed by atoms with van der Waals surface area (Å²) in [7, 11) is -7.71. The van der Waals surface area contributed by atoms with Crippen LogP contribution in [0.4, 0.5) is 11.4 Å². The lowest BCUT2D eigenvalue weighted by Gasteiger charge is -2.11. The molecule has 188 valence electrons. The van der Waals surface area contributed by atoms with E-state index in [4.69, 9.17) is 11.6 Å². The summed E-state index contributed by atoms with van der Waals surface area (Å²) in [6.07, 6.45) is 0. The number of hydrogen-bond acceptors (Lipinski definition) is 4. The minimum Gasteiger partial charge on any atom is -0.278 e. The van der Waals surface area contributed by atoms with E-state index < -0.39 is 20.0 Å². The minimum absolute atomic E-state index is 0.114. The first-order valence-electron chi connectivity index (χ1n) is 11.1. The molecule has 0 fully saturated rings. The van der Waals surface area contributed by atoms with Crippen LogP contribution in [0, 0.1) is 25.7 Å². The van der Waals surface area contributed by atoms with Crippen molar-refractivity contribution in [2.24, 2.45) is 0 Å². The van der Waals surface area contributed by atoms with Gasteiger partial charge in [-0.15, -0.1) is 0 Å². The van der Waals surface area contributed by atoms with Crippen LogP contribution in [0.25, 0.3) is 0 Å². The van der Waals surface area contributed by atoms with E-state index in [1.165, 1.54) is 30.3 Å². The zero-order valence-electron chi connectivity index (χ0n) is 20.0. The first-order valence-corrected chi connectivity index (χ1v) is 14.5. The van der Waals surface area contributed by atoms with Crippen LogP contribution in [0.5, 0.6) is 0 Å². The standard InChI is InChI=1S/C28H23ClN2O4S2/c1-20-7-14-25(15-8-20)36(32,33)30-27-6-4-3-5-22(27)11-12-23-19-24(29)13-18-28(23)31-37(34,35)26-16-9-21(2)10-17-26/h3-10,13-19,30-31H,1-2H3. The Balaban J connectivity index is 1.66. The molecule has 0 aliphatic carbocycles. The van der Waals surface area contributed by atoms with E-state index in [2.05, 4.69) is 21.3 Å². The number of sulfonamides is 2. The number of aryl methyl sites for hydroxylation is 2. The molecular weight excluding hydrogens is 528 g/mol. The molecule has 0 atom stereocenters. The second kappa shape index (κ2) is 10.7. The Labute approximate surface area is 222 Å². The molecule has 0 aliphatic rings. The number of rotatable bonds is 6. The highest BCUT2D eigenvalue weighted by atomic mass is 35.5. The Morgan fingerprint density at radius 3 is 1.59 bits per heavy atom. The van der Waals surface area contributed by atoms with Gasteiger partial charge in [0, 0.05) is 10.6 Å². The molecule has 0 heterocycles. The summed E-state index contributed by atoms with van der Waals surface area (Å²) in [5, 5.41) is 0.371. The predicted octanol–water partition coefficient (Wildman–Crippen LogP) is 5.96. The number of para-hydroxylation sites is 1. The molecule has 0 amide bonds. The number of hydrogen-bond donors (Lipinski definition) is 2. The van der Waals surface area contributed by atoms with Gasteiger partial charge in [0.2, 0.25) is 0 Å². The molecule has 4 aromatic carbocycles.